The number of halogens is 1. The Morgan fingerprint density at radius 1 is 1.33 bits per heavy atom. The maximum Gasteiger partial charge on any atom is 0.140 e. The maximum absolute atomic E-state index is 5.92. The van der Waals surface area contributed by atoms with Gasteiger partial charge in [-0.05, 0) is 18.6 Å². The Labute approximate surface area is 93.1 Å². The van der Waals surface area contributed by atoms with Gasteiger partial charge in [0.15, 0.2) is 0 Å². The van der Waals surface area contributed by atoms with Crippen LogP contribution in [0.2, 0.25) is 5.15 Å². The van der Waals surface area contributed by atoms with Gasteiger partial charge in [-0.2, -0.15) is 0 Å². The SMILES string of the molecule is CCCOc1ccc2c(Cl)ncnc2c1. The van der Waals surface area contributed by atoms with E-state index in [9.17, 15) is 0 Å². The van der Waals surface area contributed by atoms with E-state index in [0.29, 0.717) is 11.8 Å². The molecule has 0 bridgehead atoms. The smallest absolute Gasteiger partial charge is 0.140 e. The predicted molar refractivity (Wildman–Crippen MR) is 60.3 cm³/mol. The molecule has 15 heavy (non-hydrogen) atoms. The van der Waals surface area contributed by atoms with Gasteiger partial charge in [0.05, 0.1) is 12.1 Å². The maximum atomic E-state index is 5.92. The molecule has 0 aliphatic heterocycles. The highest BCUT2D eigenvalue weighted by Gasteiger charge is 2.02. The van der Waals surface area contributed by atoms with E-state index in [-0.39, 0.29) is 0 Å². The van der Waals surface area contributed by atoms with E-state index in [2.05, 4.69) is 16.9 Å². The molecular weight excluding hydrogens is 212 g/mol. The van der Waals surface area contributed by atoms with Crippen LogP contribution in [0.3, 0.4) is 0 Å². The normalized spacial score (nSPS) is 10.5. The predicted octanol–water partition coefficient (Wildman–Crippen LogP) is 3.07. The molecule has 0 unspecified atom stereocenters. The molecule has 0 radical (unpaired) electrons. The lowest BCUT2D eigenvalue weighted by Gasteiger charge is -2.05. The molecule has 2 aromatic rings. The van der Waals surface area contributed by atoms with Crippen molar-refractivity contribution in [2.45, 2.75) is 13.3 Å². The number of nitrogens with zero attached hydrogens (tertiary/aromatic N) is 2. The number of ether oxygens (including phenoxy) is 1. The molecule has 78 valence electrons. The van der Waals surface area contributed by atoms with E-state index in [1.54, 1.807) is 0 Å². The van der Waals surface area contributed by atoms with Gasteiger partial charge in [0.2, 0.25) is 0 Å². The minimum atomic E-state index is 0.474. The second-order valence-electron chi connectivity index (χ2n) is 3.19. The molecule has 0 fully saturated rings. The Hall–Kier alpha value is -1.35. The van der Waals surface area contributed by atoms with E-state index in [1.165, 1.54) is 6.33 Å². The first-order chi connectivity index (χ1) is 7.31. The first-order valence-electron chi connectivity index (χ1n) is 4.84. The van der Waals surface area contributed by atoms with E-state index in [1.807, 2.05) is 18.2 Å². The van der Waals surface area contributed by atoms with E-state index < -0.39 is 0 Å². The second kappa shape index (κ2) is 4.45. The van der Waals surface area contributed by atoms with Gasteiger partial charge in [0.25, 0.3) is 0 Å². The lowest BCUT2D eigenvalue weighted by Crippen LogP contribution is -1.95. The van der Waals surface area contributed by atoms with Crippen molar-refractivity contribution in [3.63, 3.8) is 0 Å². The molecular formula is C11H11ClN2O. The monoisotopic (exact) mass is 222 g/mol. The molecule has 0 amide bonds. The Kier molecular flexibility index (Phi) is 3.02. The average Bonchev–Trinajstić information content (AvgIpc) is 2.26. The fourth-order valence-corrected chi connectivity index (χ4v) is 1.52. The molecule has 0 spiro atoms. The summed E-state index contributed by atoms with van der Waals surface area (Å²) >= 11 is 5.92. The Morgan fingerprint density at radius 2 is 2.20 bits per heavy atom. The standard InChI is InChI=1S/C11H11ClN2O/c1-2-5-15-8-3-4-9-10(6-8)13-7-14-11(9)12/h3-4,6-7H,2,5H2,1H3. The summed E-state index contributed by atoms with van der Waals surface area (Å²) in [5.74, 6) is 0.819. The first-order valence-corrected chi connectivity index (χ1v) is 5.22. The molecule has 3 nitrogen and oxygen atoms in total. The van der Waals surface area contributed by atoms with Crippen LogP contribution in [0.5, 0.6) is 5.75 Å². The molecule has 4 heteroatoms. The van der Waals surface area contributed by atoms with Crippen LogP contribution in [0.25, 0.3) is 10.9 Å². The molecule has 2 rings (SSSR count). The van der Waals surface area contributed by atoms with Gasteiger partial charge in [-0.3, -0.25) is 0 Å². The molecule has 0 saturated heterocycles. The zero-order valence-electron chi connectivity index (χ0n) is 8.40. The van der Waals surface area contributed by atoms with E-state index in [0.717, 1.165) is 23.1 Å². The van der Waals surface area contributed by atoms with Gasteiger partial charge in [0.1, 0.15) is 17.2 Å². The van der Waals surface area contributed by atoms with Crippen LogP contribution in [0.4, 0.5) is 0 Å². The summed E-state index contributed by atoms with van der Waals surface area (Å²) in [7, 11) is 0. The number of hydrogen-bond donors (Lipinski definition) is 0. The quantitative estimate of drug-likeness (QED) is 0.749. The minimum absolute atomic E-state index is 0.474. The summed E-state index contributed by atoms with van der Waals surface area (Å²) in [6.45, 7) is 2.78. The highest BCUT2D eigenvalue weighted by Crippen LogP contribution is 2.23. The largest absolute Gasteiger partial charge is 0.494 e. The van der Waals surface area contributed by atoms with Crippen molar-refractivity contribution in [1.82, 2.24) is 9.97 Å². The van der Waals surface area contributed by atoms with Crippen LogP contribution in [0, 0.1) is 0 Å². The number of fused-ring (bicyclic) bond motifs is 1. The molecule has 0 aliphatic rings. The van der Waals surface area contributed by atoms with Crippen LogP contribution in [-0.2, 0) is 0 Å². The fourth-order valence-electron chi connectivity index (χ4n) is 1.31. The highest BCUT2D eigenvalue weighted by molar-refractivity contribution is 6.34. The Balaban J connectivity index is 2.39. The van der Waals surface area contributed by atoms with Gasteiger partial charge in [-0.1, -0.05) is 18.5 Å². The number of aromatic nitrogens is 2. The third-order valence-electron chi connectivity index (χ3n) is 2.03. The third kappa shape index (κ3) is 2.18. The van der Waals surface area contributed by atoms with Crippen molar-refractivity contribution < 1.29 is 4.74 Å². The van der Waals surface area contributed by atoms with Crippen LogP contribution < -0.4 is 4.74 Å². The molecule has 0 atom stereocenters. The molecule has 1 heterocycles. The molecule has 0 N–H and O–H groups in total. The van der Waals surface area contributed by atoms with Crippen molar-refractivity contribution in [3.8, 4) is 5.75 Å². The lowest BCUT2D eigenvalue weighted by atomic mass is 10.2. The summed E-state index contributed by atoms with van der Waals surface area (Å²) in [5, 5.41) is 1.32. The average molecular weight is 223 g/mol. The summed E-state index contributed by atoms with van der Waals surface area (Å²) in [4.78, 5) is 8.05. The Bertz CT molecular complexity index is 473. The van der Waals surface area contributed by atoms with Crippen LogP contribution in [0.15, 0.2) is 24.5 Å². The third-order valence-corrected chi connectivity index (χ3v) is 2.33. The molecule has 1 aromatic heterocycles. The van der Waals surface area contributed by atoms with Crippen molar-refractivity contribution in [3.05, 3.63) is 29.7 Å². The van der Waals surface area contributed by atoms with Crippen LogP contribution in [0.1, 0.15) is 13.3 Å². The number of benzene rings is 1. The zero-order valence-corrected chi connectivity index (χ0v) is 9.16. The first kappa shape index (κ1) is 10.2. The van der Waals surface area contributed by atoms with Gasteiger partial charge < -0.3 is 4.74 Å². The second-order valence-corrected chi connectivity index (χ2v) is 3.55. The zero-order chi connectivity index (χ0) is 10.7. The van der Waals surface area contributed by atoms with Crippen molar-refractivity contribution in [2.75, 3.05) is 6.61 Å². The van der Waals surface area contributed by atoms with E-state index >= 15 is 0 Å². The number of rotatable bonds is 3. The molecule has 1 aromatic carbocycles. The van der Waals surface area contributed by atoms with E-state index in [4.69, 9.17) is 16.3 Å². The summed E-state index contributed by atoms with van der Waals surface area (Å²) in [6, 6.07) is 5.63. The van der Waals surface area contributed by atoms with Crippen LogP contribution in [-0.4, -0.2) is 16.6 Å². The van der Waals surface area contributed by atoms with Crippen molar-refractivity contribution in [1.29, 1.82) is 0 Å². The van der Waals surface area contributed by atoms with Gasteiger partial charge in [-0.25, -0.2) is 9.97 Å². The summed E-state index contributed by atoms with van der Waals surface area (Å²) in [5.41, 5.74) is 0.809. The topological polar surface area (TPSA) is 35.0 Å². The van der Waals surface area contributed by atoms with Gasteiger partial charge >= 0.3 is 0 Å². The number of hydrogen-bond acceptors (Lipinski definition) is 3. The van der Waals surface area contributed by atoms with Gasteiger partial charge in [-0.15, -0.1) is 0 Å². The fraction of sp³-hybridized carbons (Fsp3) is 0.273. The summed E-state index contributed by atoms with van der Waals surface area (Å²) < 4.78 is 5.50. The highest BCUT2D eigenvalue weighted by atomic mass is 35.5. The van der Waals surface area contributed by atoms with Crippen molar-refractivity contribution in [2.24, 2.45) is 0 Å². The molecule has 0 aliphatic carbocycles. The van der Waals surface area contributed by atoms with Crippen molar-refractivity contribution >= 4 is 22.5 Å². The van der Waals surface area contributed by atoms with Crippen LogP contribution >= 0.6 is 11.6 Å². The molecule has 0 saturated carbocycles. The summed E-state index contributed by atoms with van der Waals surface area (Å²) in [6.07, 6.45) is 2.44. The lowest BCUT2D eigenvalue weighted by molar-refractivity contribution is 0.318. The minimum Gasteiger partial charge on any atom is -0.494 e. The van der Waals surface area contributed by atoms with Gasteiger partial charge in [0, 0.05) is 11.5 Å². The Morgan fingerprint density at radius 3 is 3.00 bits per heavy atom.